The van der Waals surface area contributed by atoms with Crippen molar-refractivity contribution in [2.75, 3.05) is 6.61 Å². The van der Waals surface area contributed by atoms with Crippen molar-refractivity contribution in [3.05, 3.63) is 11.8 Å². The van der Waals surface area contributed by atoms with Gasteiger partial charge in [0.05, 0.1) is 18.3 Å². The number of nitrogens with one attached hydrogen (secondary N) is 2. The van der Waals surface area contributed by atoms with Gasteiger partial charge in [-0.15, -0.1) is 0 Å². The van der Waals surface area contributed by atoms with Gasteiger partial charge >= 0.3 is 5.97 Å². The Balaban J connectivity index is 2.31. The minimum atomic E-state index is -4.03. The first-order valence-electron chi connectivity index (χ1n) is 5.32. The van der Waals surface area contributed by atoms with Gasteiger partial charge in [0, 0.05) is 0 Å². The lowest BCUT2D eigenvalue weighted by Gasteiger charge is -2.40. The van der Waals surface area contributed by atoms with Crippen molar-refractivity contribution in [1.29, 1.82) is 0 Å². The maximum absolute atomic E-state index is 12.0. The Hall–Kier alpha value is -1.45. The third kappa shape index (κ3) is 2.11. The fraction of sp³-hybridized carbons (Fsp3) is 0.556. The summed E-state index contributed by atoms with van der Waals surface area (Å²) in [5, 5.41) is 23.1. The number of aromatic amines is 1. The Labute approximate surface area is 103 Å². The van der Waals surface area contributed by atoms with E-state index in [9.17, 15) is 18.3 Å². The molecule has 2 rings (SSSR count). The van der Waals surface area contributed by atoms with Crippen molar-refractivity contribution in [2.24, 2.45) is 0 Å². The van der Waals surface area contributed by atoms with Gasteiger partial charge in [0.15, 0.2) is 5.03 Å². The van der Waals surface area contributed by atoms with E-state index in [0.717, 1.165) is 12.6 Å². The van der Waals surface area contributed by atoms with E-state index in [-0.39, 0.29) is 6.61 Å². The molecule has 0 bridgehead atoms. The molecule has 1 aromatic rings. The maximum Gasteiger partial charge on any atom is 0.340 e. The average Bonchev–Trinajstić information content (AvgIpc) is 2.73. The van der Waals surface area contributed by atoms with Crippen molar-refractivity contribution >= 4 is 16.0 Å². The number of aromatic nitrogens is 2. The van der Waals surface area contributed by atoms with Gasteiger partial charge in [-0.05, 0) is 19.3 Å². The van der Waals surface area contributed by atoms with E-state index in [1.807, 2.05) is 0 Å². The first-order chi connectivity index (χ1) is 8.40. The number of carbonyl (C=O) groups is 1. The maximum atomic E-state index is 12.0. The number of hydrogen-bond donors (Lipinski definition) is 4. The van der Waals surface area contributed by atoms with E-state index < -0.39 is 32.1 Å². The number of nitrogens with zero attached hydrogens (tertiary/aromatic N) is 1. The third-order valence-corrected chi connectivity index (χ3v) is 4.62. The Kier molecular flexibility index (Phi) is 3.13. The van der Waals surface area contributed by atoms with Crippen LogP contribution in [0.4, 0.5) is 0 Å². The number of H-pyrrole nitrogens is 1. The molecule has 1 aliphatic carbocycles. The summed E-state index contributed by atoms with van der Waals surface area (Å²) in [5.74, 6) is -1.38. The molecule has 0 saturated heterocycles. The van der Waals surface area contributed by atoms with Crippen molar-refractivity contribution < 1.29 is 23.4 Å². The van der Waals surface area contributed by atoms with Crippen molar-refractivity contribution in [1.82, 2.24) is 14.9 Å². The van der Waals surface area contributed by atoms with Gasteiger partial charge in [0.1, 0.15) is 5.56 Å². The van der Waals surface area contributed by atoms with Crippen LogP contribution >= 0.6 is 0 Å². The zero-order valence-corrected chi connectivity index (χ0v) is 10.2. The second kappa shape index (κ2) is 4.34. The zero-order chi connectivity index (χ0) is 13.4. The molecule has 1 fully saturated rings. The highest BCUT2D eigenvalue weighted by Gasteiger charge is 2.41. The predicted octanol–water partition coefficient (Wildman–Crippen LogP) is -0.699. The lowest BCUT2D eigenvalue weighted by molar-refractivity contribution is 0.0692. The van der Waals surface area contributed by atoms with Crippen molar-refractivity contribution in [2.45, 2.75) is 29.8 Å². The first-order valence-corrected chi connectivity index (χ1v) is 6.80. The van der Waals surface area contributed by atoms with Gasteiger partial charge in [0.2, 0.25) is 0 Å². The summed E-state index contributed by atoms with van der Waals surface area (Å²) in [5.41, 5.74) is -1.30. The highest BCUT2D eigenvalue weighted by atomic mass is 32.2. The van der Waals surface area contributed by atoms with Gasteiger partial charge in [-0.1, -0.05) is 0 Å². The van der Waals surface area contributed by atoms with E-state index in [1.54, 1.807) is 0 Å². The molecule has 0 amide bonds. The highest BCUT2D eigenvalue weighted by Crippen LogP contribution is 2.32. The van der Waals surface area contributed by atoms with E-state index in [1.165, 1.54) is 0 Å². The smallest absolute Gasteiger partial charge is 0.340 e. The molecule has 4 N–H and O–H groups in total. The number of rotatable bonds is 5. The molecule has 8 nitrogen and oxygen atoms in total. The van der Waals surface area contributed by atoms with E-state index in [2.05, 4.69) is 14.9 Å². The Bertz CT molecular complexity index is 555. The van der Waals surface area contributed by atoms with Crippen LogP contribution in [0.25, 0.3) is 0 Å². The minimum absolute atomic E-state index is 0.317. The van der Waals surface area contributed by atoms with Gasteiger partial charge in [-0.3, -0.25) is 5.10 Å². The van der Waals surface area contributed by atoms with E-state index >= 15 is 0 Å². The molecule has 0 aliphatic heterocycles. The number of hydrogen-bond acceptors (Lipinski definition) is 5. The van der Waals surface area contributed by atoms with E-state index in [4.69, 9.17) is 5.11 Å². The molecule has 0 unspecified atom stereocenters. The Morgan fingerprint density at radius 2 is 2.22 bits per heavy atom. The fourth-order valence-corrected chi connectivity index (χ4v) is 3.41. The van der Waals surface area contributed by atoms with Crippen LogP contribution in [-0.4, -0.2) is 46.9 Å². The summed E-state index contributed by atoms with van der Waals surface area (Å²) in [4.78, 5) is 10.8. The fourth-order valence-electron chi connectivity index (χ4n) is 1.86. The first kappa shape index (κ1) is 13.0. The Morgan fingerprint density at radius 3 is 2.67 bits per heavy atom. The summed E-state index contributed by atoms with van der Waals surface area (Å²) in [6.07, 6.45) is 2.81. The SMILES string of the molecule is O=C(O)c1cn[nH]c1S(=O)(=O)NC1(CO)CCC1. The van der Waals surface area contributed by atoms with Gasteiger partial charge in [0.25, 0.3) is 10.0 Å². The summed E-state index contributed by atoms with van der Waals surface area (Å²) in [7, 11) is -4.03. The van der Waals surface area contributed by atoms with Crippen LogP contribution in [0.3, 0.4) is 0 Å². The lowest BCUT2D eigenvalue weighted by atomic mass is 9.78. The molecule has 1 aromatic heterocycles. The van der Waals surface area contributed by atoms with Crippen LogP contribution in [0, 0.1) is 0 Å². The Morgan fingerprint density at radius 1 is 1.56 bits per heavy atom. The number of aliphatic hydroxyl groups is 1. The highest BCUT2D eigenvalue weighted by molar-refractivity contribution is 7.89. The standard InChI is InChI=1S/C9H13N3O5S/c13-5-9(2-1-3-9)12-18(16,17)7-6(8(14)15)4-10-11-7/h4,12-13H,1-3,5H2,(H,10,11)(H,14,15). The number of aromatic carboxylic acids is 1. The van der Waals surface area contributed by atoms with Crippen LogP contribution < -0.4 is 4.72 Å². The summed E-state index contributed by atoms with van der Waals surface area (Å²) in [6.45, 7) is -0.317. The molecule has 0 radical (unpaired) electrons. The molecule has 18 heavy (non-hydrogen) atoms. The molecule has 0 spiro atoms. The van der Waals surface area contributed by atoms with Crippen LogP contribution in [0.15, 0.2) is 11.2 Å². The topological polar surface area (TPSA) is 132 Å². The summed E-state index contributed by atoms with van der Waals surface area (Å²) in [6, 6.07) is 0. The molecule has 9 heteroatoms. The molecule has 100 valence electrons. The largest absolute Gasteiger partial charge is 0.478 e. The van der Waals surface area contributed by atoms with Crippen LogP contribution in [0.2, 0.25) is 0 Å². The normalized spacial score (nSPS) is 18.3. The number of aliphatic hydroxyl groups excluding tert-OH is 1. The summed E-state index contributed by atoms with van der Waals surface area (Å²) >= 11 is 0. The number of carboxylic acids is 1. The van der Waals surface area contributed by atoms with E-state index in [0.29, 0.717) is 12.8 Å². The van der Waals surface area contributed by atoms with Gasteiger partial charge in [-0.2, -0.15) is 5.10 Å². The van der Waals surface area contributed by atoms with Crippen LogP contribution in [-0.2, 0) is 10.0 Å². The van der Waals surface area contributed by atoms with Crippen molar-refractivity contribution in [3.8, 4) is 0 Å². The molecule has 1 saturated carbocycles. The third-order valence-electron chi connectivity index (χ3n) is 3.07. The van der Waals surface area contributed by atoms with Crippen molar-refractivity contribution in [3.63, 3.8) is 0 Å². The molecular weight excluding hydrogens is 262 g/mol. The summed E-state index contributed by atoms with van der Waals surface area (Å²) < 4.78 is 26.4. The zero-order valence-electron chi connectivity index (χ0n) is 9.38. The molecule has 0 atom stereocenters. The molecule has 1 aliphatic rings. The minimum Gasteiger partial charge on any atom is -0.478 e. The number of sulfonamides is 1. The lowest BCUT2D eigenvalue weighted by Crippen LogP contribution is -2.56. The quantitative estimate of drug-likeness (QED) is 0.561. The second-order valence-electron chi connectivity index (χ2n) is 4.32. The van der Waals surface area contributed by atoms with Gasteiger partial charge < -0.3 is 10.2 Å². The van der Waals surface area contributed by atoms with Crippen LogP contribution in [0.5, 0.6) is 0 Å². The average molecular weight is 275 g/mol. The van der Waals surface area contributed by atoms with Crippen LogP contribution in [0.1, 0.15) is 29.6 Å². The molecule has 1 heterocycles. The predicted molar refractivity (Wildman–Crippen MR) is 59.5 cm³/mol. The second-order valence-corrected chi connectivity index (χ2v) is 5.93. The van der Waals surface area contributed by atoms with Gasteiger partial charge in [-0.25, -0.2) is 17.9 Å². The number of carboxylic acid groups (broad SMARTS) is 1. The monoisotopic (exact) mass is 275 g/mol. The molecular formula is C9H13N3O5S. The molecule has 0 aromatic carbocycles.